The van der Waals surface area contributed by atoms with Crippen molar-refractivity contribution in [1.29, 1.82) is 0 Å². The number of hydrogen-bond donors (Lipinski definition) is 1. The highest BCUT2D eigenvalue weighted by molar-refractivity contribution is 7.89. The van der Waals surface area contributed by atoms with E-state index in [1.165, 1.54) is 31.2 Å². The lowest BCUT2D eigenvalue weighted by atomic mass is 10.1. The van der Waals surface area contributed by atoms with E-state index in [2.05, 4.69) is 0 Å². The molecule has 0 aliphatic heterocycles. The standard InChI is InChI=1S/C18H17F2NO5S/c1-11(17(22)21-16-14(19)4-3-5-15(16)20)26-18(23)13-8-6-12(7-9-13)10-27(2,24)25/h3-9,11H,10H2,1-2H3,(H,21,22)/t11-/m0/s1. The van der Waals surface area contributed by atoms with Gasteiger partial charge in [0.25, 0.3) is 5.91 Å². The Balaban J connectivity index is 2.01. The molecule has 1 N–H and O–H groups in total. The van der Waals surface area contributed by atoms with Gasteiger partial charge in [-0.25, -0.2) is 22.0 Å². The van der Waals surface area contributed by atoms with Gasteiger partial charge in [0.05, 0.1) is 11.3 Å². The molecule has 0 unspecified atom stereocenters. The lowest BCUT2D eigenvalue weighted by molar-refractivity contribution is -0.123. The molecule has 2 aromatic carbocycles. The van der Waals surface area contributed by atoms with E-state index in [0.29, 0.717) is 5.56 Å². The van der Waals surface area contributed by atoms with Crippen LogP contribution in [0.25, 0.3) is 0 Å². The van der Waals surface area contributed by atoms with Crippen LogP contribution in [0.2, 0.25) is 0 Å². The molecule has 1 atom stereocenters. The molecule has 144 valence electrons. The number of halogens is 2. The SMILES string of the molecule is C[C@H](OC(=O)c1ccc(CS(C)(=O)=O)cc1)C(=O)Nc1c(F)cccc1F. The van der Waals surface area contributed by atoms with E-state index in [-0.39, 0.29) is 11.3 Å². The van der Waals surface area contributed by atoms with Gasteiger partial charge in [-0.3, -0.25) is 4.79 Å². The zero-order valence-corrected chi connectivity index (χ0v) is 15.3. The summed E-state index contributed by atoms with van der Waals surface area (Å²) in [5.41, 5.74) is -0.0330. The Hall–Kier alpha value is -2.81. The van der Waals surface area contributed by atoms with Crippen molar-refractivity contribution in [3.63, 3.8) is 0 Å². The van der Waals surface area contributed by atoms with Gasteiger partial charge >= 0.3 is 5.97 Å². The molecule has 0 aliphatic carbocycles. The molecular weight excluding hydrogens is 380 g/mol. The van der Waals surface area contributed by atoms with Crippen LogP contribution in [-0.4, -0.2) is 32.7 Å². The van der Waals surface area contributed by atoms with Crippen LogP contribution < -0.4 is 5.32 Å². The minimum absolute atomic E-state index is 0.101. The summed E-state index contributed by atoms with van der Waals surface area (Å²) in [6.07, 6.45) is -0.222. The second-order valence-electron chi connectivity index (χ2n) is 5.90. The molecule has 0 saturated carbocycles. The van der Waals surface area contributed by atoms with Crippen molar-refractivity contribution in [1.82, 2.24) is 0 Å². The predicted molar refractivity (Wildman–Crippen MR) is 94.9 cm³/mol. The van der Waals surface area contributed by atoms with Crippen molar-refractivity contribution in [2.75, 3.05) is 11.6 Å². The summed E-state index contributed by atoms with van der Waals surface area (Å²) in [5.74, 6) is -3.82. The Labute approximate surface area is 155 Å². The smallest absolute Gasteiger partial charge is 0.338 e. The predicted octanol–water partition coefficient (Wildman–Crippen LogP) is 2.69. The maximum atomic E-state index is 13.6. The Kier molecular flexibility index (Phi) is 6.27. The van der Waals surface area contributed by atoms with E-state index in [1.807, 2.05) is 5.32 Å². The van der Waals surface area contributed by atoms with Gasteiger partial charge in [-0.2, -0.15) is 0 Å². The lowest BCUT2D eigenvalue weighted by Gasteiger charge is -2.14. The number of esters is 1. The monoisotopic (exact) mass is 397 g/mol. The quantitative estimate of drug-likeness (QED) is 0.757. The number of amides is 1. The van der Waals surface area contributed by atoms with Crippen LogP contribution in [0.4, 0.5) is 14.5 Å². The fraction of sp³-hybridized carbons (Fsp3) is 0.222. The molecule has 0 heterocycles. The number of carbonyl (C=O) groups excluding carboxylic acids is 2. The van der Waals surface area contributed by atoms with E-state index < -0.39 is 45.1 Å². The van der Waals surface area contributed by atoms with Crippen LogP contribution in [0, 0.1) is 11.6 Å². The number of carbonyl (C=O) groups is 2. The van der Waals surface area contributed by atoms with E-state index in [4.69, 9.17) is 4.74 Å². The molecule has 0 spiro atoms. The number of benzene rings is 2. The van der Waals surface area contributed by atoms with Gasteiger partial charge in [-0.1, -0.05) is 18.2 Å². The largest absolute Gasteiger partial charge is 0.449 e. The van der Waals surface area contributed by atoms with Crippen LogP contribution in [0.15, 0.2) is 42.5 Å². The first-order chi connectivity index (χ1) is 12.6. The molecule has 1 amide bonds. The molecule has 9 heteroatoms. The number of anilines is 1. The van der Waals surface area contributed by atoms with Crippen molar-refractivity contribution < 1.29 is 31.5 Å². The van der Waals surface area contributed by atoms with E-state index in [1.54, 1.807) is 0 Å². The first kappa shape index (κ1) is 20.5. The summed E-state index contributed by atoms with van der Waals surface area (Å²) >= 11 is 0. The molecular formula is C18H17F2NO5S. The summed E-state index contributed by atoms with van der Waals surface area (Å²) in [5, 5.41) is 2.04. The van der Waals surface area contributed by atoms with Gasteiger partial charge in [-0.05, 0) is 36.8 Å². The van der Waals surface area contributed by atoms with E-state index >= 15 is 0 Å². The summed E-state index contributed by atoms with van der Waals surface area (Å²) in [4.78, 5) is 24.1. The van der Waals surface area contributed by atoms with Crippen molar-refractivity contribution in [2.24, 2.45) is 0 Å². The number of rotatable bonds is 6. The highest BCUT2D eigenvalue weighted by Crippen LogP contribution is 2.18. The van der Waals surface area contributed by atoms with Gasteiger partial charge in [0.2, 0.25) is 0 Å². The molecule has 0 saturated heterocycles. The topological polar surface area (TPSA) is 89.5 Å². The number of ether oxygens (including phenoxy) is 1. The second kappa shape index (κ2) is 8.26. The lowest BCUT2D eigenvalue weighted by Crippen LogP contribution is -2.30. The maximum Gasteiger partial charge on any atom is 0.338 e. The first-order valence-electron chi connectivity index (χ1n) is 7.79. The minimum atomic E-state index is -3.21. The van der Waals surface area contributed by atoms with Crippen molar-refractivity contribution in [3.05, 3.63) is 65.2 Å². The first-order valence-corrected chi connectivity index (χ1v) is 9.85. The second-order valence-corrected chi connectivity index (χ2v) is 8.04. The van der Waals surface area contributed by atoms with Crippen LogP contribution in [-0.2, 0) is 25.1 Å². The Morgan fingerprint density at radius 1 is 1.07 bits per heavy atom. The summed E-state index contributed by atoms with van der Waals surface area (Å²) in [6.45, 7) is 1.25. The molecule has 0 aromatic heterocycles. The summed E-state index contributed by atoms with van der Waals surface area (Å²) < 4.78 is 54.6. The van der Waals surface area contributed by atoms with Crippen LogP contribution in [0.3, 0.4) is 0 Å². The van der Waals surface area contributed by atoms with E-state index in [0.717, 1.165) is 24.5 Å². The van der Waals surface area contributed by atoms with Gasteiger partial charge in [0, 0.05) is 6.26 Å². The molecule has 6 nitrogen and oxygen atoms in total. The zero-order chi connectivity index (χ0) is 20.2. The fourth-order valence-corrected chi connectivity index (χ4v) is 2.96. The minimum Gasteiger partial charge on any atom is -0.449 e. The van der Waals surface area contributed by atoms with Gasteiger partial charge < -0.3 is 10.1 Å². The third-order valence-electron chi connectivity index (χ3n) is 3.48. The molecule has 0 radical (unpaired) electrons. The zero-order valence-electron chi connectivity index (χ0n) is 14.5. The number of para-hydroxylation sites is 1. The average Bonchev–Trinajstić information content (AvgIpc) is 2.57. The Bertz CT molecular complexity index is 938. The number of nitrogens with one attached hydrogen (secondary N) is 1. The fourth-order valence-electron chi connectivity index (χ4n) is 2.16. The van der Waals surface area contributed by atoms with Crippen molar-refractivity contribution >= 4 is 27.4 Å². The molecule has 0 fully saturated rings. The van der Waals surface area contributed by atoms with Gasteiger partial charge in [0.15, 0.2) is 15.9 Å². The molecule has 2 rings (SSSR count). The number of sulfone groups is 1. The van der Waals surface area contributed by atoms with Gasteiger partial charge in [0.1, 0.15) is 17.3 Å². The average molecular weight is 397 g/mol. The molecule has 0 bridgehead atoms. The van der Waals surface area contributed by atoms with Crippen molar-refractivity contribution in [3.8, 4) is 0 Å². The third-order valence-corrected chi connectivity index (χ3v) is 4.34. The highest BCUT2D eigenvalue weighted by atomic mass is 32.2. The third kappa shape index (κ3) is 5.85. The summed E-state index contributed by atoms with van der Waals surface area (Å²) in [7, 11) is -3.21. The maximum absolute atomic E-state index is 13.6. The van der Waals surface area contributed by atoms with Gasteiger partial charge in [-0.15, -0.1) is 0 Å². The molecule has 0 aliphatic rings. The van der Waals surface area contributed by atoms with Crippen LogP contribution in [0.1, 0.15) is 22.8 Å². The van der Waals surface area contributed by atoms with Crippen LogP contribution >= 0.6 is 0 Å². The van der Waals surface area contributed by atoms with E-state index in [9.17, 15) is 26.8 Å². The summed E-state index contributed by atoms with van der Waals surface area (Å²) in [6, 6.07) is 8.75. The normalized spacial score (nSPS) is 12.3. The molecule has 27 heavy (non-hydrogen) atoms. The van der Waals surface area contributed by atoms with Crippen LogP contribution in [0.5, 0.6) is 0 Å². The number of hydrogen-bond acceptors (Lipinski definition) is 5. The Morgan fingerprint density at radius 2 is 1.63 bits per heavy atom. The highest BCUT2D eigenvalue weighted by Gasteiger charge is 2.21. The Morgan fingerprint density at radius 3 is 2.15 bits per heavy atom. The molecule has 2 aromatic rings. The van der Waals surface area contributed by atoms with Crippen molar-refractivity contribution in [2.45, 2.75) is 18.8 Å².